The van der Waals surface area contributed by atoms with Crippen LogP contribution in [-0.2, 0) is 9.53 Å². The van der Waals surface area contributed by atoms with E-state index in [1.165, 1.54) is 7.11 Å². The third kappa shape index (κ3) is 10.2. The summed E-state index contributed by atoms with van der Waals surface area (Å²) in [5.41, 5.74) is 0. The van der Waals surface area contributed by atoms with Gasteiger partial charge in [0.25, 0.3) is 0 Å². The summed E-state index contributed by atoms with van der Waals surface area (Å²) in [5, 5.41) is 9.37. The quantitative estimate of drug-likeness (QED) is 0.424. The van der Waals surface area contributed by atoms with Crippen LogP contribution in [0, 0.1) is 0 Å². The van der Waals surface area contributed by atoms with E-state index in [4.69, 9.17) is 0 Å². The van der Waals surface area contributed by atoms with Gasteiger partial charge in [-0.1, -0.05) is 47.9 Å². The molecule has 1 unspecified atom stereocenters. The first-order valence-electron chi connectivity index (χ1n) is 5.22. The smallest absolute Gasteiger partial charge is 0.305 e. The fraction of sp³-hybridized carbons (Fsp3) is 0.727. The average molecular weight is 326 g/mol. The maximum absolute atomic E-state index is 10.8. The van der Waals surface area contributed by atoms with Gasteiger partial charge in [0.1, 0.15) is 0 Å². The second-order valence-corrected chi connectivity index (χ2v) is 4.13. The zero-order valence-corrected chi connectivity index (χ0v) is 11.3. The summed E-state index contributed by atoms with van der Waals surface area (Å²) in [6.45, 7) is 0. The number of hydrogen-bond donors (Lipinski definition) is 1. The van der Waals surface area contributed by atoms with Crippen molar-refractivity contribution in [2.75, 3.05) is 7.11 Å². The zero-order valence-electron chi connectivity index (χ0n) is 9.12. The number of aliphatic hydroxyl groups excluding tert-OH is 1. The van der Waals surface area contributed by atoms with Gasteiger partial charge >= 0.3 is 5.97 Å². The number of halogens is 1. The highest BCUT2D eigenvalue weighted by atomic mass is 127. The van der Waals surface area contributed by atoms with E-state index in [1.54, 1.807) is 6.08 Å². The van der Waals surface area contributed by atoms with Gasteiger partial charge in [0.2, 0.25) is 0 Å². The molecule has 0 aromatic rings. The minimum atomic E-state index is -0.317. The van der Waals surface area contributed by atoms with Gasteiger partial charge in [0, 0.05) is 6.42 Å². The average Bonchev–Trinajstić information content (AvgIpc) is 2.23. The zero-order chi connectivity index (χ0) is 11.5. The molecule has 3 nitrogen and oxygen atoms in total. The molecule has 0 rings (SSSR count). The Bertz CT molecular complexity index is 192. The number of carbonyl (C=O) groups is 1. The standard InChI is InChI=1S/C11H19IO3/c1-15-11(14)7-5-3-2-4-6-10(13)8-9-12/h8-10,13H,2-7H2,1H3/b9-8+. The molecule has 15 heavy (non-hydrogen) atoms. The first kappa shape index (κ1) is 14.9. The van der Waals surface area contributed by atoms with Crippen LogP contribution in [-0.4, -0.2) is 24.3 Å². The maximum atomic E-state index is 10.8. The van der Waals surface area contributed by atoms with Crippen LogP contribution in [0.25, 0.3) is 0 Å². The number of ether oxygens (including phenoxy) is 1. The number of methoxy groups -OCH3 is 1. The molecule has 0 saturated heterocycles. The van der Waals surface area contributed by atoms with Crippen molar-refractivity contribution < 1.29 is 14.6 Å². The molecule has 0 saturated carbocycles. The summed E-state index contributed by atoms with van der Waals surface area (Å²) in [5.74, 6) is -0.136. The van der Waals surface area contributed by atoms with E-state index in [0.29, 0.717) is 6.42 Å². The summed E-state index contributed by atoms with van der Waals surface area (Å²) in [4.78, 5) is 10.8. The van der Waals surface area contributed by atoms with Crippen molar-refractivity contribution in [3.8, 4) is 0 Å². The minimum absolute atomic E-state index is 0.136. The van der Waals surface area contributed by atoms with Crippen LogP contribution in [0.2, 0.25) is 0 Å². The molecule has 0 bridgehead atoms. The van der Waals surface area contributed by atoms with Crippen molar-refractivity contribution in [2.45, 2.75) is 44.6 Å². The van der Waals surface area contributed by atoms with Crippen molar-refractivity contribution in [3.05, 3.63) is 10.2 Å². The normalized spacial score (nSPS) is 13.0. The van der Waals surface area contributed by atoms with Crippen molar-refractivity contribution in [2.24, 2.45) is 0 Å². The number of rotatable bonds is 8. The van der Waals surface area contributed by atoms with Crippen LogP contribution in [0.5, 0.6) is 0 Å². The van der Waals surface area contributed by atoms with E-state index in [-0.39, 0.29) is 12.1 Å². The Morgan fingerprint density at radius 1 is 1.40 bits per heavy atom. The molecule has 0 amide bonds. The molecule has 0 aromatic carbocycles. The summed E-state index contributed by atoms with van der Waals surface area (Å²) >= 11 is 2.10. The Kier molecular flexibility index (Phi) is 10.3. The SMILES string of the molecule is COC(=O)CCCCCCC(O)/C=C/I. The molecule has 0 aliphatic heterocycles. The lowest BCUT2D eigenvalue weighted by atomic mass is 10.1. The van der Waals surface area contributed by atoms with E-state index >= 15 is 0 Å². The third-order valence-corrected chi connectivity index (χ3v) is 2.57. The largest absolute Gasteiger partial charge is 0.469 e. The number of carbonyl (C=O) groups excluding carboxylic acids is 1. The highest BCUT2D eigenvalue weighted by Crippen LogP contribution is 2.08. The van der Waals surface area contributed by atoms with E-state index in [0.717, 1.165) is 32.1 Å². The van der Waals surface area contributed by atoms with Crippen LogP contribution in [0.15, 0.2) is 10.2 Å². The topological polar surface area (TPSA) is 46.5 Å². The Hall–Kier alpha value is -0.100. The number of esters is 1. The van der Waals surface area contributed by atoms with Crippen molar-refractivity contribution in [1.82, 2.24) is 0 Å². The Balaban J connectivity index is 3.21. The Labute approximate surface area is 105 Å². The molecule has 1 atom stereocenters. The molecule has 0 spiro atoms. The van der Waals surface area contributed by atoms with E-state index < -0.39 is 0 Å². The molecule has 0 fully saturated rings. The minimum Gasteiger partial charge on any atom is -0.469 e. The first-order valence-corrected chi connectivity index (χ1v) is 6.47. The second kappa shape index (κ2) is 10.4. The summed E-state index contributed by atoms with van der Waals surface area (Å²) in [6, 6.07) is 0. The van der Waals surface area contributed by atoms with Gasteiger partial charge in [-0.25, -0.2) is 0 Å². The highest BCUT2D eigenvalue weighted by molar-refractivity contribution is 14.1. The second-order valence-electron chi connectivity index (χ2n) is 3.41. The highest BCUT2D eigenvalue weighted by Gasteiger charge is 2.01. The molecule has 0 heterocycles. The van der Waals surface area contributed by atoms with Gasteiger partial charge in [-0.15, -0.1) is 0 Å². The molecule has 0 aliphatic carbocycles. The van der Waals surface area contributed by atoms with Gasteiger partial charge in [-0.05, 0) is 16.9 Å². The molecule has 0 radical (unpaired) electrons. The molecule has 0 aliphatic rings. The van der Waals surface area contributed by atoms with E-state index in [9.17, 15) is 9.90 Å². The maximum Gasteiger partial charge on any atom is 0.305 e. The van der Waals surface area contributed by atoms with Crippen LogP contribution in [0.4, 0.5) is 0 Å². The van der Waals surface area contributed by atoms with E-state index in [1.807, 2.05) is 4.08 Å². The van der Waals surface area contributed by atoms with Crippen LogP contribution < -0.4 is 0 Å². The van der Waals surface area contributed by atoms with Crippen molar-refractivity contribution >= 4 is 28.6 Å². The van der Waals surface area contributed by atoms with Gasteiger partial charge in [0.15, 0.2) is 0 Å². The lowest BCUT2D eigenvalue weighted by Gasteiger charge is -2.04. The van der Waals surface area contributed by atoms with Crippen LogP contribution in [0.3, 0.4) is 0 Å². The lowest BCUT2D eigenvalue weighted by Crippen LogP contribution is -2.01. The fourth-order valence-corrected chi connectivity index (χ4v) is 1.74. The number of aliphatic hydroxyl groups is 1. The Morgan fingerprint density at radius 3 is 2.67 bits per heavy atom. The number of hydrogen-bond acceptors (Lipinski definition) is 3. The third-order valence-electron chi connectivity index (χ3n) is 2.15. The fourth-order valence-electron chi connectivity index (χ4n) is 1.26. The predicted molar refractivity (Wildman–Crippen MR) is 68.9 cm³/mol. The molecule has 88 valence electrons. The molecular formula is C11H19IO3. The molecule has 0 aromatic heterocycles. The number of unbranched alkanes of at least 4 members (excludes halogenated alkanes) is 3. The van der Waals surface area contributed by atoms with Crippen LogP contribution >= 0.6 is 22.6 Å². The van der Waals surface area contributed by atoms with Crippen molar-refractivity contribution in [3.63, 3.8) is 0 Å². The first-order chi connectivity index (χ1) is 7.20. The van der Waals surface area contributed by atoms with Gasteiger partial charge in [-0.3, -0.25) is 4.79 Å². The summed E-state index contributed by atoms with van der Waals surface area (Å²) < 4.78 is 6.37. The van der Waals surface area contributed by atoms with Crippen molar-refractivity contribution in [1.29, 1.82) is 0 Å². The van der Waals surface area contributed by atoms with Gasteiger partial charge in [0.05, 0.1) is 13.2 Å². The molecule has 1 N–H and O–H groups in total. The molecule has 4 heteroatoms. The summed E-state index contributed by atoms with van der Waals surface area (Å²) in [6.07, 6.45) is 6.74. The van der Waals surface area contributed by atoms with Gasteiger partial charge in [-0.2, -0.15) is 0 Å². The van der Waals surface area contributed by atoms with Crippen LogP contribution in [0.1, 0.15) is 38.5 Å². The van der Waals surface area contributed by atoms with Gasteiger partial charge < -0.3 is 9.84 Å². The molecular weight excluding hydrogens is 307 g/mol. The van der Waals surface area contributed by atoms with E-state index in [2.05, 4.69) is 27.3 Å². The summed E-state index contributed by atoms with van der Waals surface area (Å²) in [7, 11) is 1.41. The Morgan fingerprint density at radius 2 is 2.07 bits per heavy atom. The lowest BCUT2D eigenvalue weighted by molar-refractivity contribution is -0.140. The predicted octanol–water partition coefficient (Wildman–Crippen LogP) is 2.81. The monoisotopic (exact) mass is 326 g/mol.